The maximum absolute atomic E-state index is 6.39. The standard InChI is InChI=1S/C26H43ClN4O3Si/c1-9-32-25-22(18-31(29-25)20-10-13-30(6)14-11-20)21-17-28-24(27)16-23(21)34-19(2)12-15-33-35(7,8)26(3,4)5/h16-20H,9-15H2,1-8H3/t19-/m0/s1. The van der Waals surface area contributed by atoms with Crippen molar-refractivity contribution in [2.75, 3.05) is 33.4 Å². The number of aromatic nitrogens is 3. The van der Waals surface area contributed by atoms with Crippen LogP contribution in [0.3, 0.4) is 0 Å². The maximum atomic E-state index is 6.39. The molecule has 1 fully saturated rings. The van der Waals surface area contributed by atoms with Gasteiger partial charge in [-0.15, -0.1) is 5.10 Å². The molecule has 0 bridgehead atoms. The van der Waals surface area contributed by atoms with Crippen LogP contribution in [0.15, 0.2) is 18.5 Å². The first-order valence-electron chi connectivity index (χ1n) is 12.8. The van der Waals surface area contributed by atoms with E-state index in [1.165, 1.54) is 0 Å². The summed E-state index contributed by atoms with van der Waals surface area (Å²) in [6.45, 7) is 18.7. The molecular weight excluding hydrogens is 480 g/mol. The minimum absolute atomic E-state index is 0.0449. The van der Waals surface area contributed by atoms with E-state index in [1.807, 2.05) is 6.92 Å². The van der Waals surface area contributed by atoms with Crippen molar-refractivity contribution in [3.8, 4) is 22.8 Å². The van der Waals surface area contributed by atoms with Gasteiger partial charge in [0.2, 0.25) is 5.88 Å². The van der Waals surface area contributed by atoms with Crippen LogP contribution < -0.4 is 9.47 Å². The zero-order chi connectivity index (χ0) is 25.8. The number of halogens is 1. The number of nitrogens with zero attached hydrogens (tertiary/aromatic N) is 4. The molecule has 9 heteroatoms. The van der Waals surface area contributed by atoms with Crippen molar-refractivity contribution >= 4 is 19.9 Å². The van der Waals surface area contributed by atoms with Crippen LogP contribution >= 0.6 is 11.6 Å². The number of likely N-dealkylation sites (tertiary alicyclic amines) is 1. The van der Waals surface area contributed by atoms with Gasteiger partial charge in [0.05, 0.1) is 24.3 Å². The van der Waals surface area contributed by atoms with Gasteiger partial charge in [0.1, 0.15) is 10.9 Å². The summed E-state index contributed by atoms with van der Waals surface area (Å²) in [7, 11) is 0.376. The van der Waals surface area contributed by atoms with Gasteiger partial charge in [-0.2, -0.15) is 0 Å². The predicted octanol–water partition coefficient (Wildman–Crippen LogP) is 6.44. The molecular formula is C26H43ClN4O3Si. The summed E-state index contributed by atoms with van der Waals surface area (Å²) in [6.07, 6.45) is 6.71. The molecule has 0 radical (unpaired) electrons. The Morgan fingerprint density at radius 1 is 1.20 bits per heavy atom. The molecule has 3 rings (SSSR count). The molecule has 0 aliphatic carbocycles. The lowest BCUT2D eigenvalue weighted by Gasteiger charge is -2.36. The Kier molecular flexibility index (Phi) is 9.29. The van der Waals surface area contributed by atoms with Gasteiger partial charge in [-0.3, -0.25) is 4.68 Å². The summed E-state index contributed by atoms with van der Waals surface area (Å²) in [4.78, 5) is 6.70. The first-order chi connectivity index (χ1) is 16.4. The topological polar surface area (TPSA) is 61.6 Å². The highest BCUT2D eigenvalue weighted by molar-refractivity contribution is 6.74. The number of hydrogen-bond donors (Lipinski definition) is 0. The van der Waals surface area contributed by atoms with Crippen molar-refractivity contribution in [2.24, 2.45) is 0 Å². The van der Waals surface area contributed by atoms with Crippen LogP contribution in [-0.4, -0.2) is 67.4 Å². The third-order valence-electron chi connectivity index (χ3n) is 7.29. The Balaban J connectivity index is 1.79. The molecule has 0 aromatic carbocycles. The third-order valence-corrected chi connectivity index (χ3v) is 12.0. The van der Waals surface area contributed by atoms with Gasteiger partial charge < -0.3 is 18.8 Å². The predicted molar refractivity (Wildman–Crippen MR) is 145 cm³/mol. The van der Waals surface area contributed by atoms with Crippen molar-refractivity contribution < 1.29 is 13.9 Å². The number of rotatable bonds is 10. The van der Waals surface area contributed by atoms with Crippen LogP contribution in [0.4, 0.5) is 0 Å². The summed E-state index contributed by atoms with van der Waals surface area (Å²) >= 11 is 6.28. The van der Waals surface area contributed by atoms with Crippen LogP contribution in [0.2, 0.25) is 23.3 Å². The van der Waals surface area contributed by atoms with Crippen molar-refractivity contribution in [1.29, 1.82) is 0 Å². The smallest absolute Gasteiger partial charge is 0.240 e. The van der Waals surface area contributed by atoms with Crippen molar-refractivity contribution in [3.63, 3.8) is 0 Å². The van der Waals surface area contributed by atoms with Gasteiger partial charge in [-0.25, -0.2) is 4.98 Å². The highest BCUT2D eigenvalue weighted by atomic mass is 35.5. The summed E-state index contributed by atoms with van der Waals surface area (Å²) < 4.78 is 20.7. The van der Waals surface area contributed by atoms with Crippen LogP contribution in [0.25, 0.3) is 11.1 Å². The van der Waals surface area contributed by atoms with Gasteiger partial charge >= 0.3 is 0 Å². The minimum Gasteiger partial charge on any atom is -0.490 e. The van der Waals surface area contributed by atoms with E-state index in [0.29, 0.717) is 36.0 Å². The maximum Gasteiger partial charge on any atom is 0.240 e. The Hall–Kier alpha value is -1.61. The molecule has 196 valence electrons. The van der Waals surface area contributed by atoms with E-state index < -0.39 is 8.32 Å². The molecule has 1 saturated heterocycles. The van der Waals surface area contributed by atoms with E-state index in [4.69, 9.17) is 30.6 Å². The lowest BCUT2D eigenvalue weighted by molar-refractivity contribution is 0.171. The lowest BCUT2D eigenvalue weighted by Crippen LogP contribution is -2.41. The second kappa shape index (κ2) is 11.6. The molecule has 0 N–H and O–H groups in total. The van der Waals surface area contributed by atoms with E-state index >= 15 is 0 Å². The summed E-state index contributed by atoms with van der Waals surface area (Å²) in [5.41, 5.74) is 1.73. The van der Waals surface area contributed by atoms with Crippen molar-refractivity contribution in [1.82, 2.24) is 19.7 Å². The molecule has 0 saturated carbocycles. The molecule has 3 heterocycles. The molecule has 2 aromatic rings. The fourth-order valence-corrected chi connectivity index (χ4v) is 5.14. The largest absolute Gasteiger partial charge is 0.490 e. The zero-order valence-corrected chi connectivity index (χ0v) is 24.5. The number of hydrogen-bond acceptors (Lipinski definition) is 6. The number of pyridine rings is 1. The van der Waals surface area contributed by atoms with Gasteiger partial charge in [-0.1, -0.05) is 32.4 Å². The molecule has 35 heavy (non-hydrogen) atoms. The fourth-order valence-electron chi connectivity index (χ4n) is 3.93. The monoisotopic (exact) mass is 522 g/mol. The van der Waals surface area contributed by atoms with Gasteiger partial charge in [0.25, 0.3) is 0 Å². The molecule has 0 spiro atoms. The van der Waals surface area contributed by atoms with Crippen molar-refractivity contribution in [3.05, 3.63) is 23.6 Å². The van der Waals surface area contributed by atoms with Gasteiger partial charge in [0.15, 0.2) is 8.32 Å². The number of piperidine rings is 1. The average molecular weight is 523 g/mol. The Morgan fingerprint density at radius 3 is 2.51 bits per heavy atom. The SMILES string of the molecule is CCOc1nn(C2CCN(C)CC2)cc1-c1cnc(Cl)cc1O[C@@H](C)CCO[Si](C)(C)C(C)(C)C. The molecule has 1 aliphatic heterocycles. The Labute approximate surface area is 217 Å². The normalized spacial score (nSPS) is 16.9. The summed E-state index contributed by atoms with van der Waals surface area (Å²) in [5, 5.41) is 5.40. The van der Waals surface area contributed by atoms with Crippen LogP contribution in [-0.2, 0) is 4.43 Å². The van der Waals surface area contributed by atoms with Crippen LogP contribution in [0.5, 0.6) is 11.6 Å². The summed E-state index contributed by atoms with van der Waals surface area (Å²) in [6, 6.07) is 2.14. The Morgan fingerprint density at radius 2 is 1.89 bits per heavy atom. The number of ether oxygens (including phenoxy) is 2. The highest BCUT2D eigenvalue weighted by Crippen LogP contribution is 2.39. The fraction of sp³-hybridized carbons (Fsp3) is 0.692. The summed E-state index contributed by atoms with van der Waals surface area (Å²) in [5.74, 6) is 1.29. The van der Waals surface area contributed by atoms with E-state index in [0.717, 1.165) is 43.5 Å². The van der Waals surface area contributed by atoms with Gasteiger partial charge in [-0.05, 0) is 65.0 Å². The molecule has 7 nitrogen and oxygen atoms in total. The molecule has 1 atom stereocenters. The van der Waals surface area contributed by atoms with E-state index in [2.05, 4.69) is 68.6 Å². The average Bonchev–Trinajstić information content (AvgIpc) is 3.17. The van der Waals surface area contributed by atoms with Crippen LogP contribution in [0.1, 0.15) is 59.9 Å². The second-order valence-corrected chi connectivity index (χ2v) is 16.3. The van der Waals surface area contributed by atoms with Crippen LogP contribution in [0, 0.1) is 0 Å². The Bertz CT molecular complexity index is 968. The quantitative estimate of drug-likeness (QED) is 0.264. The molecule has 0 unspecified atom stereocenters. The molecule has 0 amide bonds. The molecule has 2 aromatic heterocycles. The first-order valence-corrected chi connectivity index (χ1v) is 16.1. The van der Waals surface area contributed by atoms with E-state index in [1.54, 1.807) is 12.3 Å². The van der Waals surface area contributed by atoms with Crippen molar-refractivity contribution in [2.45, 2.75) is 84.2 Å². The van der Waals surface area contributed by atoms with E-state index in [9.17, 15) is 0 Å². The first kappa shape index (κ1) is 28.0. The second-order valence-electron chi connectivity index (χ2n) is 11.1. The van der Waals surface area contributed by atoms with E-state index in [-0.39, 0.29) is 11.1 Å². The third kappa shape index (κ3) is 7.21. The zero-order valence-electron chi connectivity index (χ0n) is 22.7. The minimum atomic E-state index is -1.79. The highest BCUT2D eigenvalue weighted by Gasteiger charge is 2.37. The molecule has 1 aliphatic rings. The van der Waals surface area contributed by atoms with Gasteiger partial charge in [0, 0.05) is 37.1 Å². The lowest BCUT2D eigenvalue weighted by atomic mass is 10.1.